The van der Waals surface area contributed by atoms with Crippen molar-refractivity contribution in [1.82, 2.24) is 5.32 Å². The first kappa shape index (κ1) is 15.0. The summed E-state index contributed by atoms with van der Waals surface area (Å²) in [6.45, 7) is 7.59. The molecule has 1 aliphatic carbocycles. The lowest BCUT2D eigenvalue weighted by Crippen LogP contribution is -2.47. The molecule has 3 nitrogen and oxygen atoms in total. The van der Waals surface area contributed by atoms with Crippen molar-refractivity contribution in [1.29, 1.82) is 0 Å². The van der Waals surface area contributed by atoms with E-state index in [2.05, 4.69) is 11.9 Å². The third kappa shape index (κ3) is 4.30. The van der Waals surface area contributed by atoms with E-state index in [0.29, 0.717) is 5.92 Å². The van der Waals surface area contributed by atoms with Crippen LogP contribution in [0.1, 0.15) is 51.4 Å². The smallest absolute Gasteiger partial charge is 0.171 e. The Hall–Kier alpha value is -0.380. The van der Waals surface area contributed by atoms with Crippen LogP contribution in [0.4, 0.5) is 0 Å². The highest BCUT2D eigenvalue weighted by molar-refractivity contribution is 4.85. The van der Waals surface area contributed by atoms with Crippen LogP contribution in [-0.4, -0.2) is 32.1 Å². The fourth-order valence-electron chi connectivity index (χ4n) is 3.30. The van der Waals surface area contributed by atoms with Crippen molar-refractivity contribution in [3.63, 3.8) is 0 Å². The average Bonchev–Trinajstić information content (AvgIpc) is 2.63. The topological polar surface area (TPSA) is 30.5 Å². The summed E-state index contributed by atoms with van der Waals surface area (Å²) in [6.07, 6.45) is 11.5. The second-order valence-electron chi connectivity index (χ2n) is 5.77. The molecule has 1 spiro atoms. The highest BCUT2D eigenvalue weighted by Crippen LogP contribution is 2.40. The zero-order valence-corrected chi connectivity index (χ0v) is 12.2. The summed E-state index contributed by atoms with van der Waals surface area (Å²) >= 11 is 0. The molecule has 0 amide bonds. The van der Waals surface area contributed by atoms with Crippen molar-refractivity contribution < 1.29 is 9.47 Å². The Balaban J connectivity index is 1.84. The minimum Gasteiger partial charge on any atom is -0.350 e. The summed E-state index contributed by atoms with van der Waals surface area (Å²) in [5.74, 6) is 0.307. The molecule has 1 aliphatic heterocycles. The monoisotopic (exact) mass is 267 g/mol. The van der Waals surface area contributed by atoms with Gasteiger partial charge in [0, 0.05) is 12.3 Å². The Morgan fingerprint density at radius 1 is 1.11 bits per heavy atom. The van der Waals surface area contributed by atoms with E-state index in [0.717, 1.165) is 52.0 Å². The first-order valence-electron chi connectivity index (χ1n) is 7.97. The molecule has 2 aliphatic rings. The van der Waals surface area contributed by atoms with Crippen molar-refractivity contribution in [2.75, 3.05) is 26.3 Å². The van der Waals surface area contributed by atoms with Crippen LogP contribution >= 0.6 is 0 Å². The van der Waals surface area contributed by atoms with E-state index in [1.165, 1.54) is 25.7 Å². The Bertz CT molecular complexity index is 261. The number of hydrogen-bond donors (Lipinski definition) is 1. The number of ether oxygens (including phenoxy) is 2. The van der Waals surface area contributed by atoms with E-state index in [4.69, 9.17) is 9.47 Å². The van der Waals surface area contributed by atoms with Crippen LogP contribution in [0.2, 0.25) is 0 Å². The Kier molecular flexibility index (Phi) is 6.35. The molecule has 19 heavy (non-hydrogen) atoms. The first-order valence-corrected chi connectivity index (χ1v) is 7.97. The summed E-state index contributed by atoms with van der Waals surface area (Å²) in [7, 11) is 0. The van der Waals surface area contributed by atoms with Gasteiger partial charge in [-0.05, 0) is 45.2 Å². The van der Waals surface area contributed by atoms with Gasteiger partial charge in [-0.1, -0.05) is 18.9 Å². The Labute approximate surface area is 117 Å². The Morgan fingerprint density at radius 3 is 2.74 bits per heavy atom. The SMILES string of the molecule is C=CCCNCCC1CCCCCC12OCCCO2. The van der Waals surface area contributed by atoms with Crippen LogP contribution in [0.25, 0.3) is 0 Å². The minimum absolute atomic E-state index is 0.255. The van der Waals surface area contributed by atoms with Crippen molar-refractivity contribution in [3.8, 4) is 0 Å². The third-order valence-electron chi connectivity index (χ3n) is 4.38. The highest BCUT2D eigenvalue weighted by atomic mass is 16.7. The highest BCUT2D eigenvalue weighted by Gasteiger charge is 2.42. The van der Waals surface area contributed by atoms with Crippen LogP contribution < -0.4 is 5.32 Å². The molecule has 0 bridgehead atoms. The van der Waals surface area contributed by atoms with Gasteiger partial charge in [-0.2, -0.15) is 0 Å². The third-order valence-corrected chi connectivity index (χ3v) is 4.38. The van der Waals surface area contributed by atoms with E-state index in [1.54, 1.807) is 0 Å². The molecular formula is C16H29NO2. The van der Waals surface area contributed by atoms with Gasteiger partial charge in [0.1, 0.15) is 0 Å². The van der Waals surface area contributed by atoms with Crippen LogP contribution in [0.3, 0.4) is 0 Å². The maximum atomic E-state index is 6.11. The summed E-state index contributed by atoms with van der Waals surface area (Å²) in [5, 5.41) is 3.49. The maximum absolute atomic E-state index is 6.11. The predicted molar refractivity (Wildman–Crippen MR) is 78.1 cm³/mol. The van der Waals surface area contributed by atoms with E-state index >= 15 is 0 Å². The van der Waals surface area contributed by atoms with E-state index in [9.17, 15) is 0 Å². The quantitative estimate of drug-likeness (QED) is 0.592. The molecule has 110 valence electrons. The number of rotatable bonds is 6. The molecule has 1 atom stereocenters. The van der Waals surface area contributed by atoms with E-state index in [1.807, 2.05) is 6.08 Å². The van der Waals surface area contributed by atoms with Crippen LogP contribution in [0, 0.1) is 5.92 Å². The van der Waals surface area contributed by atoms with Gasteiger partial charge in [0.15, 0.2) is 5.79 Å². The average molecular weight is 267 g/mol. The maximum Gasteiger partial charge on any atom is 0.171 e. The van der Waals surface area contributed by atoms with Gasteiger partial charge < -0.3 is 14.8 Å². The van der Waals surface area contributed by atoms with E-state index < -0.39 is 0 Å². The van der Waals surface area contributed by atoms with Gasteiger partial charge >= 0.3 is 0 Å². The molecule has 2 rings (SSSR count). The Morgan fingerprint density at radius 2 is 1.95 bits per heavy atom. The lowest BCUT2D eigenvalue weighted by molar-refractivity contribution is -0.297. The second-order valence-corrected chi connectivity index (χ2v) is 5.77. The molecule has 0 radical (unpaired) electrons. The molecule has 3 heteroatoms. The lowest BCUT2D eigenvalue weighted by Gasteiger charge is -2.42. The summed E-state index contributed by atoms with van der Waals surface area (Å²) in [4.78, 5) is 0. The molecule has 1 heterocycles. The molecule has 2 fully saturated rings. The minimum atomic E-state index is -0.255. The molecule has 0 aromatic carbocycles. The standard InChI is InChI=1S/C16H29NO2/c1-2-3-11-17-12-9-15-8-5-4-6-10-16(15)18-13-7-14-19-16/h2,15,17H,1,3-14H2. The zero-order chi connectivity index (χ0) is 13.4. The number of nitrogens with one attached hydrogen (secondary N) is 1. The molecule has 1 unspecified atom stereocenters. The predicted octanol–water partition coefficient (Wildman–Crippen LogP) is 3.26. The number of hydrogen-bond acceptors (Lipinski definition) is 3. The van der Waals surface area contributed by atoms with Crippen LogP contribution in [0.15, 0.2) is 12.7 Å². The van der Waals surface area contributed by atoms with Crippen molar-refractivity contribution in [2.45, 2.75) is 57.2 Å². The van der Waals surface area contributed by atoms with Gasteiger partial charge in [0.05, 0.1) is 13.2 Å². The molecule has 1 saturated heterocycles. The second kappa shape index (κ2) is 8.03. The molecule has 0 aromatic heterocycles. The van der Waals surface area contributed by atoms with Crippen molar-refractivity contribution in [3.05, 3.63) is 12.7 Å². The van der Waals surface area contributed by atoms with Gasteiger partial charge in [-0.25, -0.2) is 0 Å². The lowest BCUT2D eigenvalue weighted by atomic mass is 9.89. The summed E-state index contributed by atoms with van der Waals surface area (Å²) in [5.41, 5.74) is 0. The zero-order valence-electron chi connectivity index (χ0n) is 12.2. The molecule has 1 saturated carbocycles. The summed E-state index contributed by atoms with van der Waals surface area (Å²) < 4.78 is 12.2. The van der Waals surface area contributed by atoms with Gasteiger partial charge in [0.2, 0.25) is 0 Å². The van der Waals surface area contributed by atoms with Crippen LogP contribution in [0.5, 0.6) is 0 Å². The first-order chi connectivity index (χ1) is 9.37. The molecular weight excluding hydrogens is 238 g/mol. The normalized spacial score (nSPS) is 27.1. The summed E-state index contributed by atoms with van der Waals surface area (Å²) in [6, 6.07) is 0. The fourth-order valence-corrected chi connectivity index (χ4v) is 3.30. The van der Waals surface area contributed by atoms with Gasteiger partial charge in [-0.15, -0.1) is 6.58 Å². The van der Waals surface area contributed by atoms with Gasteiger partial charge in [0.25, 0.3) is 0 Å². The van der Waals surface area contributed by atoms with Crippen molar-refractivity contribution in [2.24, 2.45) is 5.92 Å². The molecule has 1 N–H and O–H groups in total. The van der Waals surface area contributed by atoms with Crippen LogP contribution in [-0.2, 0) is 9.47 Å². The molecule has 0 aromatic rings. The largest absolute Gasteiger partial charge is 0.350 e. The van der Waals surface area contributed by atoms with Gasteiger partial charge in [-0.3, -0.25) is 0 Å². The fraction of sp³-hybridized carbons (Fsp3) is 0.875. The van der Waals surface area contributed by atoms with Crippen molar-refractivity contribution >= 4 is 0 Å². The van der Waals surface area contributed by atoms with E-state index in [-0.39, 0.29) is 5.79 Å².